The van der Waals surface area contributed by atoms with Crippen molar-refractivity contribution in [3.8, 4) is 0 Å². The molecule has 0 aliphatic heterocycles. The van der Waals surface area contributed by atoms with Gasteiger partial charge in [-0.1, -0.05) is 6.07 Å². The Kier molecular flexibility index (Phi) is 5.46. The van der Waals surface area contributed by atoms with E-state index in [1.807, 2.05) is 22.9 Å². The quantitative estimate of drug-likeness (QED) is 0.498. The van der Waals surface area contributed by atoms with Gasteiger partial charge in [0.1, 0.15) is 5.97 Å². The van der Waals surface area contributed by atoms with Crippen molar-refractivity contribution in [2.24, 2.45) is 0 Å². The van der Waals surface area contributed by atoms with Gasteiger partial charge >= 0.3 is 29.6 Å². The second-order valence-corrected chi connectivity index (χ2v) is 3.96. The van der Waals surface area contributed by atoms with E-state index in [0.29, 0.717) is 17.6 Å². The van der Waals surface area contributed by atoms with E-state index >= 15 is 0 Å². The Balaban J connectivity index is 0.000001000. The van der Waals surface area contributed by atoms with Gasteiger partial charge in [-0.3, -0.25) is 0 Å². The van der Waals surface area contributed by atoms with Crippen molar-refractivity contribution >= 4 is 17.0 Å². The first-order valence-electron chi connectivity index (χ1n) is 5.38. The maximum Gasteiger partial charge on any atom is 1.00 e. The van der Waals surface area contributed by atoms with Crippen LogP contribution in [0.5, 0.6) is 0 Å². The first-order valence-corrected chi connectivity index (χ1v) is 5.38. The zero-order chi connectivity index (χ0) is 12.5. The number of nitrogens with one attached hydrogen (secondary N) is 1. The topological polar surface area (TPSA) is 118 Å². The predicted octanol–water partition coefficient (Wildman–Crippen LogP) is -3.65. The molecular formula is C12H11N4NaO3. The van der Waals surface area contributed by atoms with E-state index in [1.54, 1.807) is 18.6 Å². The van der Waals surface area contributed by atoms with Crippen LogP contribution < -0.4 is 34.7 Å². The summed E-state index contributed by atoms with van der Waals surface area (Å²) in [4.78, 5) is 21.3. The molecule has 0 fully saturated rings. The van der Waals surface area contributed by atoms with Gasteiger partial charge in [-0.05, 0) is 17.7 Å². The Hall–Kier alpha value is -1.67. The van der Waals surface area contributed by atoms with Gasteiger partial charge in [0, 0.05) is 18.9 Å². The number of aromatic nitrogens is 4. The third-order valence-corrected chi connectivity index (χ3v) is 2.66. The summed E-state index contributed by atoms with van der Waals surface area (Å²) in [6, 6.07) is 5.56. The molecule has 0 saturated heterocycles. The van der Waals surface area contributed by atoms with Gasteiger partial charge in [0.15, 0.2) is 5.82 Å². The average Bonchev–Trinajstić information content (AvgIpc) is 2.96. The van der Waals surface area contributed by atoms with Crippen molar-refractivity contribution in [3.63, 3.8) is 0 Å². The molecule has 3 aromatic rings. The van der Waals surface area contributed by atoms with Crippen molar-refractivity contribution < 1.29 is 44.9 Å². The second-order valence-electron chi connectivity index (χ2n) is 3.96. The van der Waals surface area contributed by atoms with Crippen LogP contribution in [0.2, 0.25) is 0 Å². The third-order valence-electron chi connectivity index (χ3n) is 2.66. The van der Waals surface area contributed by atoms with Crippen LogP contribution in [0, 0.1) is 0 Å². The van der Waals surface area contributed by atoms with Crippen LogP contribution in [-0.4, -0.2) is 31.0 Å². The molecule has 0 spiro atoms. The van der Waals surface area contributed by atoms with Gasteiger partial charge in [-0.15, -0.1) is 0 Å². The summed E-state index contributed by atoms with van der Waals surface area (Å²) in [7, 11) is 0. The number of nitrogens with zero attached hydrogens (tertiary/aromatic N) is 3. The number of benzene rings is 1. The molecule has 2 aromatic heterocycles. The standard InChI is InChI=1S/C12H10N4O2.Na.H2O/c17-12(18)11-14-9-2-1-8(5-10(9)15-11)6-16-4-3-13-7-16;;/h1-5,7H,6H2,(H,14,15)(H,17,18);;1H2/q;+1;/p-1. The first kappa shape index (κ1) is 16.4. The number of rotatable bonds is 3. The van der Waals surface area contributed by atoms with Crippen molar-refractivity contribution in [2.45, 2.75) is 6.54 Å². The van der Waals surface area contributed by atoms with Crippen LogP contribution in [0.4, 0.5) is 0 Å². The number of H-pyrrole nitrogens is 1. The molecule has 2 heterocycles. The fraction of sp³-hybridized carbons (Fsp3) is 0.0833. The molecule has 0 aliphatic rings. The maximum atomic E-state index is 10.7. The smallest absolute Gasteiger partial charge is 0.542 e. The Morgan fingerprint density at radius 3 is 2.85 bits per heavy atom. The number of carboxylic acid groups (broad SMARTS) is 1. The summed E-state index contributed by atoms with van der Waals surface area (Å²) in [5.41, 5.74) is 2.34. The molecule has 1 aromatic carbocycles. The van der Waals surface area contributed by atoms with Gasteiger partial charge < -0.3 is 24.9 Å². The number of carboxylic acids is 1. The molecule has 0 atom stereocenters. The number of aromatic carboxylic acids is 1. The SMILES string of the molecule is O.O=C([O-])c1nc2ccc(Cn3ccnc3)cc2[nH]1.[Na+]. The van der Waals surface area contributed by atoms with E-state index in [9.17, 15) is 9.90 Å². The van der Waals surface area contributed by atoms with Crippen LogP contribution in [0.25, 0.3) is 11.0 Å². The normalized spacial score (nSPS) is 9.80. The van der Waals surface area contributed by atoms with E-state index in [-0.39, 0.29) is 40.9 Å². The summed E-state index contributed by atoms with van der Waals surface area (Å²) in [6.45, 7) is 0.676. The molecule has 3 rings (SSSR count). The van der Waals surface area contributed by atoms with Gasteiger partial charge in [-0.25, -0.2) is 9.97 Å². The van der Waals surface area contributed by atoms with Gasteiger partial charge in [-0.2, -0.15) is 0 Å². The first-order chi connectivity index (χ1) is 8.72. The molecule has 3 N–H and O–H groups in total. The number of imidazole rings is 2. The number of carbonyl (C=O) groups is 1. The molecule has 8 heteroatoms. The summed E-state index contributed by atoms with van der Waals surface area (Å²) in [5.74, 6) is -1.45. The monoisotopic (exact) mass is 282 g/mol. The van der Waals surface area contributed by atoms with Crippen molar-refractivity contribution in [1.29, 1.82) is 0 Å². The van der Waals surface area contributed by atoms with Crippen molar-refractivity contribution in [3.05, 3.63) is 48.3 Å². The Bertz CT molecular complexity index is 709. The summed E-state index contributed by atoms with van der Waals surface area (Å²) >= 11 is 0. The Labute approximate surface area is 136 Å². The van der Waals surface area contributed by atoms with E-state index in [2.05, 4.69) is 15.0 Å². The Morgan fingerprint density at radius 1 is 1.40 bits per heavy atom. The zero-order valence-electron chi connectivity index (χ0n) is 10.8. The molecule has 98 valence electrons. The molecule has 0 saturated carbocycles. The second kappa shape index (κ2) is 6.67. The largest absolute Gasteiger partial charge is 1.00 e. The zero-order valence-corrected chi connectivity index (χ0v) is 12.8. The van der Waals surface area contributed by atoms with E-state index in [4.69, 9.17) is 0 Å². The van der Waals surface area contributed by atoms with E-state index in [0.717, 1.165) is 5.56 Å². The van der Waals surface area contributed by atoms with Gasteiger partial charge in [0.25, 0.3) is 0 Å². The minimum atomic E-state index is -1.30. The number of aromatic amines is 1. The van der Waals surface area contributed by atoms with Crippen molar-refractivity contribution in [2.75, 3.05) is 0 Å². The number of hydrogen-bond acceptors (Lipinski definition) is 4. The van der Waals surface area contributed by atoms with Gasteiger partial charge in [0.2, 0.25) is 0 Å². The summed E-state index contributed by atoms with van der Waals surface area (Å²) < 4.78 is 1.93. The number of carbonyl (C=O) groups excluding carboxylic acids is 1. The van der Waals surface area contributed by atoms with Crippen LogP contribution in [-0.2, 0) is 6.54 Å². The van der Waals surface area contributed by atoms with E-state index < -0.39 is 5.97 Å². The minimum absolute atomic E-state index is 0. The third kappa shape index (κ3) is 3.26. The van der Waals surface area contributed by atoms with Crippen LogP contribution in [0.1, 0.15) is 16.2 Å². The predicted molar refractivity (Wildman–Crippen MR) is 65.4 cm³/mol. The van der Waals surface area contributed by atoms with E-state index in [1.165, 1.54) is 0 Å². The molecule has 0 unspecified atom stereocenters. The molecule has 0 radical (unpaired) electrons. The van der Waals surface area contributed by atoms with Crippen LogP contribution in [0.3, 0.4) is 0 Å². The molecule has 0 bridgehead atoms. The average molecular weight is 282 g/mol. The minimum Gasteiger partial charge on any atom is -0.542 e. The fourth-order valence-electron chi connectivity index (χ4n) is 1.84. The molecule has 7 nitrogen and oxygen atoms in total. The molecular weight excluding hydrogens is 271 g/mol. The summed E-state index contributed by atoms with van der Waals surface area (Å²) in [6.07, 6.45) is 5.30. The number of hydrogen-bond donors (Lipinski definition) is 1. The van der Waals surface area contributed by atoms with Crippen LogP contribution >= 0.6 is 0 Å². The maximum absolute atomic E-state index is 10.7. The van der Waals surface area contributed by atoms with Crippen LogP contribution in [0.15, 0.2) is 36.9 Å². The number of fused-ring (bicyclic) bond motifs is 1. The molecule has 0 amide bonds. The van der Waals surface area contributed by atoms with Gasteiger partial charge in [0.05, 0.1) is 17.4 Å². The molecule has 20 heavy (non-hydrogen) atoms. The fourth-order valence-corrected chi connectivity index (χ4v) is 1.84. The summed E-state index contributed by atoms with van der Waals surface area (Å²) in [5, 5.41) is 10.7. The van der Waals surface area contributed by atoms with Crippen molar-refractivity contribution in [1.82, 2.24) is 19.5 Å². The Morgan fingerprint density at radius 2 is 2.20 bits per heavy atom. The molecule has 0 aliphatic carbocycles.